The third-order valence-electron chi connectivity index (χ3n) is 2.11. The summed E-state index contributed by atoms with van der Waals surface area (Å²) in [5.74, 6) is 1.12. The Morgan fingerprint density at radius 2 is 2.44 bits per heavy atom. The van der Waals surface area contributed by atoms with Crippen molar-refractivity contribution in [3.8, 4) is 0 Å². The molecule has 0 fully saturated rings. The number of H-pyrrole nitrogens is 1. The number of oxazole rings is 1. The van der Waals surface area contributed by atoms with Gasteiger partial charge >= 0.3 is 0 Å². The van der Waals surface area contributed by atoms with E-state index in [0.29, 0.717) is 11.5 Å². The van der Waals surface area contributed by atoms with Crippen LogP contribution in [0.3, 0.4) is 0 Å². The Balaban J connectivity index is 1.90. The molecule has 2 aromatic rings. The largest absolute Gasteiger partial charge is 0.444 e. The monoisotopic (exact) mass is 220 g/mol. The molecule has 0 aromatic carbocycles. The van der Waals surface area contributed by atoms with Crippen molar-refractivity contribution in [3.05, 3.63) is 35.8 Å². The Labute approximate surface area is 92.1 Å². The topological polar surface area (TPSA) is 83.8 Å². The molecule has 2 aromatic heterocycles. The van der Waals surface area contributed by atoms with Crippen molar-refractivity contribution in [1.82, 2.24) is 20.5 Å². The lowest BCUT2D eigenvalue weighted by Gasteiger charge is -1.99. The van der Waals surface area contributed by atoms with Crippen LogP contribution < -0.4 is 5.32 Å². The quantitative estimate of drug-likeness (QED) is 0.801. The van der Waals surface area contributed by atoms with Crippen LogP contribution in [-0.2, 0) is 13.0 Å². The first-order chi connectivity index (χ1) is 7.79. The molecule has 0 saturated heterocycles. The van der Waals surface area contributed by atoms with Crippen molar-refractivity contribution in [1.29, 1.82) is 0 Å². The molecule has 0 bridgehead atoms. The van der Waals surface area contributed by atoms with Crippen LogP contribution in [0, 0.1) is 0 Å². The van der Waals surface area contributed by atoms with Gasteiger partial charge in [-0.15, -0.1) is 0 Å². The van der Waals surface area contributed by atoms with Gasteiger partial charge < -0.3 is 9.73 Å². The number of hydrogen-bond acceptors (Lipinski definition) is 4. The molecule has 0 atom stereocenters. The Morgan fingerprint density at radius 1 is 1.56 bits per heavy atom. The third kappa shape index (κ3) is 2.28. The minimum Gasteiger partial charge on any atom is -0.444 e. The molecule has 0 spiro atoms. The molecule has 0 aliphatic heterocycles. The van der Waals surface area contributed by atoms with E-state index in [1.165, 1.54) is 12.4 Å². The number of carbonyl (C=O) groups is 1. The molecule has 2 heterocycles. The SMILES string of the molecule is CCc1cnc(CNC(=O)c2cn[nH]c2)o1. The minimum absolute atomic E-state index is 0.204. The molecule has 84 valence electrons. The third-order valence-corrected chi connectivity index (χ3v) is 2.11. The van der Waals surface area contributed by atoms with Crippen LogP contribution in [-0.4, -0.2) is 21.1 Å². The number of hydrogen-bond donors (Lipinski definition) is 2. The van der Waals surface area contributed by atoms with E-state index in [2.05, 4.69) is 20.5 Å². The van der Waals surface area contributed by atoms with E-state index in [-0.39, 0.29) is 12.5 Å². The summed E-state index contributed by atoms with van der Waals surface area (Å²) in [6.45, 7) is 2.26. The smallest absolute Gasteiger partial charge is 0.254 e. The maximum Gasteiger partial charge on any atom is 0.254 e. The van der Waals surface area contributed by atoms with Crippen LogP contribution in [0.2, 0.25) is 0 Å². The highest BCUT2D eigenvalue weighted by molar-refractivity contribution is 5.93. The molecular formula is C10H12N4O2. The number of aryl methyl sites for hydroxylation is 1. The predicted octanol–water partition coefficient (Wildman–Crippen LogP) is 0.890. The minimum atomic E-state index is -0.204. The van der Waals surface area contributed by atoms with Crippen LogP contribution in [0.15, 0.2) is 23.0 Å². The second-order valence-corrected chi connectivity index (χ2v) is 3.24. The molecule has 0 unspecified atom stereocenters. The summed E-state index contributed by atoms with van der Waals surface area (Å²) >= 11 is 0. The number of amides is 1. The van der Waals surface area contributed by atoms with Gasteiger partial charge in [0.2, 0.25) is 5.89 Å². The number of rotatable bonds is 4. The molecule has 0 aliphatic rings. The van der Waals surface area contributed by atoms with Gasteiger partial charge in [0.15, 0.2) is 0 Å². The zero-order chi connectivity index (χ0) is 11.4. The van der Waals surface area contributed by atoms with Crippen molar-refractivity contribution >= 4 is 5.91 Å². The van der Waals surface area contributed by atoms with E-state index in [1.54, 1.807) is 6.20 Å². The molecule has 1 amide bonds. The molecule has 0 radical (unpaired) electrons. The Hall–Kier alpha value is -2.11. The Kier molecular flexibility index (Phi) is 3.00. The number of aromatic nitrogens is 3. The second-order valence-electron chi connectivity index (χ2n) is 3.24. The highest BCUT2D eigenvalue weighted by atomic mass is 16.4. The lowest BCUT2D eigenvalue weighted by atomic mass is 10.3. The van der Waals surface area contributed by atoms with E-state index in [4.69, 9.17) is 4.42 Å². The molecular weight excluding hydrogens is 208 g/mol. The van der Waals surface area contributed by atoms with Crippen molar-refractivity contribution in [3.63, 3.8) is 0 Å². The van der Waals surface area contributed by atoms with E-state index in [1.807, 2.05) is 6.92 Å². The molecule has 16 heavy (non-hydrogen) atoms. The average Bonchev–Trinajstić information content (AvgIpc) is 2.96. The van der Waals surface area contributed by atoms with Gasteiger partial charge in [0.1, 0.15) is 5.76 Å². The van der Waals surface area contributed by atoms with Crippen LogP contribution in [0.4, 0.5) is 0 Å². The maximum atomic E-state index is 11.5. The summed E-state index contributed by atoms with van der Waals surface area (Å²) in [4.78, 5) is 15.6. The van der Waals surface area contributed by atoms with Gasteiger partial charge in [-0.25, -0.2) is 4.98 Å². The normalized spacial score (nSPS) is 10.3. The van der Waals surface area contributed by atoms with Crippen molar-refractivity contribution < 1.29 is 9.21 Å². The summed E-state index contributed by atoms with van der Waals surface area (Å²) in [5, 5.41) is 8.95. The summed E-state index contributed by atoms with van der Waals surface area (Å²) in [6.07, 6.45) is 5.45. The first-order valence-corrected chi connectivity index (χ1v) is 5.00. The van der Waals surface area contributed by atoms with Crippen molar-refractivity contribution in [2.75, 3.05) is 0 Å². The van der Waals surface area contributed by atoms with Crippen LogP contribution in [0.1, 0.15) is 28.9 Å². The molecule has 2 N–H and O–H groups in total. The summed E-state index contributed by atoms with van der Waals surface area (Å²) < 4.78 is 5.35. The highest BCUT2D eigenvalue weighted by Crippen LogP contribution is 2.04. The fraction of sp³-hybridized carbons (Fsp3) is 0.300. The summed E-state index contributed by atoms with van der Waals surface area (Å²) in [5.41, 5.74) is 0.488. The zero-order valence-electron chi connectivity index (χ0n) is 8.86. The lowest BCUT2D eigenvalue weighted by molar-refractivity contribution is 0.0947. The van der Waals surface area contributed by atoms with Crippen LogP contribution in [0.25, 0.3) is 0 Å². The maximum absolute atomic E-state index is 11.5. The second kappa shape index (κ2) is 4.61. The lowest BCUT2D eigenvalue weighted by Crippen LogP contribution is -2.22. The van der Waals surface area contributed by atoms with E-state index in [0.717, 1.165) is 12.2 Å². The van der Waals surface area contributed by atoms with Gasteiger partial charge in [-0.05, 0) is 0 Å². The molecule has 0 aliphatic carbocycles. The average molecular weight is 220 g/mol. The van der Waals surface area contributed by atoms with E-state index >= 15 is 0 Å². The molecule has 6 heteroatoms. The Bertz CT molecular complexity index is 461. The summed E-state index contributed by atoms with van der Waals surface area (Å²) in [7, 11) is 0. The number of nitrogens with one attached hydrogen (secondary N) is 2. The van der Waals surface area contributed by atoms with Gasteiger partial charge in [-0.1, -0.05) is 6.92 Å². The predicted molar refractivity (Wildman–Crippen MR) is 55.6 cm³/mol. The van der Waals surface area contributed by atoms with Crippen LogP contribution >= 0.6 is 0 Å². The van der Waals surface area contributed by atoms with Gasteiger partial charge in [0.05, 0.1) is 24.5 Å². The zero-order valence-corrected chi connectivity index (χ0v) is 8.86. The molecule has 6 nitrogen and oxygen atoms in total. The van der Waals surface area contributed by atoms with Crippen molar-refractivity contribution in [2.24, 2.45) is 0 Å². The van der Waals surface area contributed by atoms with E-state index < -0.39 is 0 Å². The number of nitrogens with zero attached hydrogens (tertiary/aromatic N) is 2. The summed E-state index contributed by atoms with van der Waals surface area (Å²) in [6, 6.07) is 0. The van der Waals surface area contributed by atoms with Crippen molar-refractivity contribution in [2.45, 2.75) is 19.9 Å². The first kappa shape index (κ1) is 10.4. The first-order valence-electron chi connectivity index (χ1n) is 5.00. The standard InChI is InChI=1S/C10H12N4O2/c1-2-8-5-11-9(16-8)6-12-10(15)7-3-13-14-4-7/h3-5H,2,6H2,1H3,(H,12,15)(H,13,14). The number of carbonyl (C=O) groups excluding carboxylic acids is 1. The molecule has 2 rings (SSSR count). The number of aromatic amines is 1. The fourth-order valence-corrected chi connectivity index (χ4v) is 1.23. The van der Waals surface area contributed by atoms with Gasteiger partial charge in [-0.3, -0.25) is 9.89 Å². The van der Waals surface area contributed by atoms with Gasteiger partial charge in [-0.2, -0.15) is 5.10 Å². The fourth-order valence-electron chi connectivity index (χ4n) is 1.23. The van der Waals surface area contributed by atoms with Gasteiger partial charge in [0.25, 0.3) is 5.91 Å². The molecule has 0 saturated carbocycles. The Morgan fingerprint density at radius 3 is 3.06 bits per heavy atom. The van der Waals surface area contributed by atoms with Gasteiger partial charge in [0, 0.05) is 12.6 Å². The van der Waals surface area contributed by atoms with E-state index in [9.17, 15) is 4.79 Å². The van der Waals surface area contributed by atoms with Crippen LogP contribution in [0.5, 0.6) is 0 Å². The highest BCUT2D eigenvalue weighted by Gasteiger charge is 2.08.